The number of carbonyl (C=O) groups excluding carboxylic acids is 1. The first-order chi connectivity index (χ1) is 7.10. The highest BCUT2D eigenvalue weighted by Gasteiger charge is 2.14. The van der Waals surface area contributed by atoms with Crippen LogP contribution in [0.1, 0.15) is 11.1 Å². The lowest BCUT2D eigenvalue weighted by Gasteiger charge is -2.08. The Balaban J connectivity index is 3.19. The predicted molar refractivity (Wildman–Crippen MR) is 57.3 cm³/mol. The van der Waals surface area contributed by atoms with Crippen molar-refractivity contribution < 1.29 is 9.53 Å². The summed E-state index contributed by atoms with van der Waals surface area (Å²) in [6.07, 6.45) is 2.35. The summed E-state index contributed by atoms with van der Waals surface area (Å²) < 4.78 is 4.51. The number of hydrogen-bond acceptors (Lipinski definition) is 5. The Hall–Kier alpha value is -1.62. The van der Waals surface area contributed by atoms with Crippen molar-refractivity contribution in [2.45, 2.75) is 6.42 Å². The molecule has 0 radical (unpaired) electrons. The molecule has 15 heavy (non-hydrogen) atoms. The zero-order chi connectivity index (χ0) is 11.4. The molecule has 0 bridgehead atoms. The number of nitrogens with zero attached hydrogens (tertiary/aromatic N) is 1. The highest BCUT2D eigenvalue weighted by atomic mass is 35.5. The maximum absolute atomic E-state index is 11.1. The lowest BCUT2D eigenvalue weighted by atomic mass is 10.1. The standard InChI is InChI=1S/C9H10ClN3O2/c1-15-8(14)2-5-6(3-11)9(12)13-4-7(5)10/h3-4,11H,2H2,1H3,(H2,12,13). The quantitative estimate of drug-likeness (QED) is 0.596. The number of ether oxygens (including phenoxy) is 1. The van der Waals surface area contributed by atoms with Gasteiger partial charge in [-0.2, -0.15) is 0 Å². The van der Waals surface area contributed by atoms with Crippen molar-refractivity contribution in [1.82, 2.24) is 4.98 Å². The highest BCUT2D eigenvalue weighted by Crippen LogP contribution is 2.22. The zero-order valence-electron chi connectivity index (χ0n) is 8.08. The van der Waals surface area contributed by atoms with Gasteiger partial charge in [-0.15, -0.1) is 0 Å². The number of nitrogens with one attached hydrogen (secondary N) is 1. The molecular weight excluding hydrogens is 218 g/mol. The van der Waals surface area contributed by atoms with Crippen LogP contribution >= 0.6 is 11.6 Å². The molecule has 0 aliphatic carbocycles. The van der Waals surface area contributed by atoms with Gasteiger partial charge in [-0.3, -0.25) is 4.79 Å². The molecule has 1 heterocycles. The molecule has 0 saturated carbocycles. The lowest BCUT2D eigenvalue weighted by molar-refractivity contribution is -0.139. The van der Waals surface area contributed by atoms with Gasteiger partial charge in [0.2, 0.25) is 0 Å². The fraction of sp³-hybridized carbons (Fsp3) is 0.222. The number of hydrogen-bond donors (Lipinski definition) is 2. The molecule has 1 rings (SSSR count). The van der Waals surface area contributed by atoms with Gasteiger partial charge in [0.15, 0.2) is 0 Å². The minimum Gasteiger partial charge on any atom is -0.469 e. The second-order valence-corrected chi connectivity index (χ2v) is 3.19. The molecule has 0 aromatic carbocycles. The van der Waals surface area contributed by atoms with Crippen LogP contribution in [0.5, 0.6) is 0 Å². The molecule has 0 spiro atoms. The number of nitrogen functional groups attached to an aromatic ring is 1. The Morgan fingerprint density at radius 2 is 2.47 bits per heavy atom. The highest BCUT2D eigenvalue weighted by molar-refractivity contribution is 6.32. The second-order valence-electron chi connectivity index (χ2n) is 2.78. The van der Waals surface area contributed by atoms with Gasteiger partial charge in [0.25, 0.3) is 0 Å². The van der Waals surface area contributed by atoms with Crippen molar-refractivity contribution >= 4 is 29.6 Å². The summed E-state index contributed by atoms with van der Waals surface area (Å²) >= 11 is 5.85. The normalized spacial score (nSPS) is 9.73. The van der Waals surface area contributed by atoms with Crippen LogP contribution in [0.25, 0.3) is 0 Å². The average molecular weight is 228 g/mol. The number of rotatable bonds is 3. The molecule has 1 aromatic rings. The Morgan fingerprint density at radius 3 is 3.00 bits per heavy atom. The Kier molecular flexibility index (Phi) is 3.62. The van der Waals surface area contributed by atoms with Crippen LogP contribution in [0.2, 0.25) is 5.02 Å². The number of anilines is 1. The van der Waals surface area contributed by atoms with E-state index in [0.29, 0.717) is 16.1 Å². The second kappa shape index (κ2) is 4.75. The van der Waals surface area contributed by atoms with Crippen molar-refractivity contribution in [2.75, 3.05) is 12.8 Å². The van der Waals surface area contributed by atoms with E-state index in [4.69, 9.17) is 22.7 Å². The van der Waals surface area contributed by atoms with Gasteiger partial charge in [0.05, 0.1) is 18.6 Å². The Morgan fingerprint density at radius 1 is 1.80 bits per heavy atom. The Bertz CT molecular complexity index is 407. The van der Waals surface area contributed by atoms with E-state index in [2.05, 4.69) is 9.72 Å². The van der Waals surface area contributed by atoms with Crippen LogP contribution in [-0.2, 0) is 16.0 Å². The van der Waals surface area contributed by atoms with Crippen LogP contribution in [-0.4, -0.2) is 24.3 Å². The molecule has 0 fully saturated rings. The molecule has 5 nitrogen and oxygen atoms in total. The molecule has 0 amide bonds. The molecule has 0 aliphatic rings. The number of esters is 1. The minimum absolute atomic E-state index is 0.0211. The van der Waals surface area contributed by atoms with Crippen molar-refractivity contribution in [3.05, 3.63) is 22.3 Å². The smallest absolute Gasteiger partial charge is 0.310 e. The third kappa shape index (κ3) is 2.44. The molecule has 80 valence electrons. The van der Waals surface area contributed by atoms with Gasteiger partial charge < -0.3 is 15.9 Å². The van der Waals surface area contributed by atoms with Gasteiger partial charge in [-0.1, -0.05) is 11.6 Å². The summed E-state index contributed by atoms with van der Waals surface area (Å²) in [4.78, 5) is 14.9. The number of methoxy groups -OCH3 is 1. The van der Waals surface area contributed by atoms with E-state index in [0.717, 1.165) is 6.21 Å². The molecule has 3 N–H and O–H groups in total. The van der Waals surface area contributed by atoms with E-state index in [-0.39, 0.29) is 12.2 Å². The van der Waals surface area contributed by atoms with Crippen LogP contribution in [0.15, 0.2) is 6.20 Å². The van der Waals surface area contributed by atoms with Crippen molar-refractivity contribution in [3.63, 3.8) is 0 Å². The molecule has 1 aromatic heterocycles. The van der Waals surface area contributed by atoms with Gasteiger partial charge >= 0.3 is 5.97 Å². The average Bonchev–Trinajstić information content (AvgIpc) is 2.23. The number of pyridine rings is 1. The first kappa shape index (κ1) is 11.5. The maximum Gasteiger partial charge on any atom is 0.310 e. The van der Waals surface area contributed by atoms with E-state index < -0.39 is 5.97 Å². The SMILES string of the molecule is COC(=O)Cc1c(Cl)cnc(N)c1C=N. The first-order valence-electron chi connectivity index (χ1n) is 4.10. The number of aromatic nitrogens is 1. The van der Waals surface area contributed by atoms with Gasteiger partial charge in [0.1, 0.15) is 5.82 Å². The summed E-state index contributed by atoms with van der Waals surface area (Å²) in [7, 11) is 1.28. The monoisotopic (exact) mass is 227 g/mol. The molecule has 0 aliphatic heterocycles. The zero-order valence-corrected chi connectivity index (χ0v) is 8.84. The van der Waals surface area contributed by atoms with E-state index in [1.54, 1.807) is 0 Å². The summed E-state index contributed by atoms with van der Waals surface area (Å²) in [6.45, 7) is 0. The van der Waals surface area contributed by atoms with Crippen molar-refractivity contribution in [1.29, 1.82) is 5.41 Å². The van der Waals surface area contributed by atoms with Crippen LogP contribution < -0.4 is 5.73 Å². The van der Waals surface area contributed by atoms with E-state index >= 15 is 0 Å². The van der Waals surface area contributed by atoms with Gasteiger partial charge in [0, 0.05) is 18.0 Å². The van der Waals surface area contributed by atoms with E-state index in [9.17, 15) is 4.79 Å². The molecular formula is C9H10ClN3O2. The maximum atomic E-state index is 11.1. The first-order valence-corrected chi connectivity index (χ1v) is 4.48. The molecule has 0 atom stereocenters. The third-order valence-electron chi connectivity index (χ3n) is 1.90. The number of nitrogens with two attached hydrogens (primary N) is 1. The van der Waals surface area contributed by atoms with E-state index in [1.165, 1.54) is 13.3 Å². The molecule has 0 saturated heterocycles. The Labute approximate surface area is 91.7 Å². The topological polar surface area (TPSA) is 89.1 Å². The summed E-state index contributed by atoms with van der Waals surface area (Å²) in [5.74, 6) is -0.265. The largest absolute Gasteiger partial charge is 0.469 e. The molecule has 0 unspecified atom stereocenters. The summed E-state index contributed by atoms with van der Waals surface area (Å²) in [5.41, 5.74) is 6.36. The fourth-order valence-corrected chi connectivity index (χ4v) is 1.33. The molecule has 6 heteroatoms. The van der Waals surface area contributed by atoms with Crippen molar-refractivity contribution in [3.8, 4) is 0 Å². The van der Waals surface area contributed by atoms with Crippen LogP contribution in [0, 0.1) is 5.41 Å². The van der Waals surface area contributed by atoms with Crippen LogP contribution in [0.4, 0.5) is 5.82 Å². The van der Waals surface area contributed by atoms with Crippen LogP contribution in [0.3, 0.4) is 0 Å². The van der Waals surface area contributed by atoms with Crippen molar-refractivity contribution in [2.24, 2.45) is 0 Å². The van der Waals surface area contributed by atoms with Gasteiger partial charge in [-0.05, 0) is 5.56 Å². The fourth-order valence-electron chi connectivity index (χ4n) is 1.11. The summed E-state index contributed by atoms with van der Waals surface area (Å²) in [5, 5.41) is 7.47. The minimum atomic E-state index is -0.439. The summed E-state index contributed by atoms with van der Waals surface area (Å²) in [6, 6.07) is 0. The van der Waals surface area contributed by atoms with E-state index in [1.807, 2.05) is 0 Å². The number of carbonyl (C=O) groups is 1. The van der Waals surface area contributed by atoms with Gasteiger partial charge in [-0.25, -0.2) is 4.98 Å². The lowest BCUT2D eigenvalue weighted by Crippen LogP contribution is -2.10. The number of halogens is 1. The third-order valence-corrected chi connectivity index (χ3v) is 2.23. The predicted octanol–water partition coefficient (Wildman–Crippen LogP) is 1.03.